The average Bonchev–Trinajstić information content (AvgIpc) is 2.68. The molecule has 0 bridgehead atoms. The first kappa shape index (κ1) is 17.5. The third-order valence-electron chi connectivity index (χ3n) is 3.81. The summed E-state index contributed by atoms with van der Waals surface area (Å²) in [5, 5.41) is 16.9. The molecule has 0 fully saturated rings. The summed E-state index contributed by atoms with van der Waals surface area (Å²) >= 11 is 0. The fourth-order valence-corrected chi connectivity index (χ4v) is 2.69. The number of anilines is 5. The van der Waals surface area contributed by atoms with Gasteiger partial charge in [0.15, 0.2) is 17.3 Å². The van der Waals surface area contributed by atoms with Crippen LogP contribution in [0, 0.1) is 0 Å². The van der Waals surface area contributed by atoms with Crippen LogP contribution in [0.1, 0.15) is 6.92 Å². The molecule has 142 valence electrons. The lowest BCUT2D eigenvalue weighted by molar-refractivity contribution is -0.114. The van der Waals surface area contributed by atoms with E-state index in [4.69, 9.17) is 9.47 Å². The highest BCUT2D eigenvalue weighted by molar-refractivity contribution is 5.89. The largest absolute Gasteiger partial charge is 0.486 e. The molecule has 28 heavy (non-hydrogen) atoms. The fraction of sp³-hybridized carbons (Fsp3) is 0.158. The molecular weight excluding hydrogens is 360 g/mol. The zero-order valence-electron chi connectivity index (χ0n) is 15.1. The SMILES string of the molecule is CC(=O)Nc1cccc(Nc2nncc(Nc3ccc4c(c3)OCCO4)n2)c1. The van der Waals surface area contributed by atoms with Gasteiger partial charge in [0.2, 0.25) is 11.9 Å². The summed E-state index contributed by atoms with van der Waals surface area (Å²) in [6.45, 7) is 2.53. The van der Waals surface area contributed by atoms with E-state index < -0.39 is 0 Å². The monoisotopic (exact) mass is 378 g/mol. The normalized spacial score (nSPS) is 12.2. The number of hydrogen-bond acceptors (Lipinski definition) is 8. The first-order chi connectivity index (χ1) is 13.7. The van der Waals surface area contributed by atoms with Crippen molar-refractivity contribution in [1.82, 2.24) is 15.2 Å². The summed E-state index contributed by atoms with van der Waals surface area (Å²) in [6.07, 6.45) is 1.52. The van der Waals surface area contributed by atoms with E-state index in [0.717, 1.165) is 17.1 Å². The maximum Gasteiger partial charge on any atom is 0.249 e. The van der Waals surface area contributed by atoms with Gasteiger partial charge in [0, 0.05) is 30.1 Å². The Labute approximate surface area is 161 Å². The molecule has 0 aliphatic carbocycles. The molecule has 2 aromatic carbocycles. The van der Waals surface area contributed by atoms with Crippen molar-refractivity contribution in [2.75, 3.05) is 29.2 Å². The Balaban J connectivity index is 1.48. The molecule has 3 aromatic rings. The van der Waals surface area contributed by atoms with Crippen molar-refractivity contribution in [1.29, 1.82) is 0 Å². The predicted octanol–water partition coefficient (Wildman–Crippen LogP) is 3.09. The molecule has 0 radical (unpaired) electrons. The van der Waals surface area contributed by atoms with Crippen LogP contribution >= 0.6 is 0 Å². The summed E-state index contributed by atoms with van der Waals surface area (Å²) in [5.41, 5.74) is 2.20. The number of nitrogens with zero attached hydrogens (tertiary/aromatic N) is 3. The molecule has 0 unspecified atom stereocenters. The number of carbonyl (C=O) groups excluding carboxylic acids is 1. The first-order valence-electron chi connectivity index (χ1n) is 8.67. The molecule has 0 saturated heterocycles. The molecule has 1 aromatic heterocycles. The minimum atomic E-state index is -0.138. The van der Waals surface area contributed by atoms with E-state index in [-0.39, 0.29) is 5.91 Å². The van der Waals surface area contributed by atoms with Crippen LogP contribution in [-0.4, -0.2) is 34.3 Å². The second kappa shape index (κ2) is 7.78. The number of carbonyl (C=O) groups is 1. The standard InChI is InChI=1S/C19H18N6O3/c1-12(26)21-13-3-2-4-14(9-13)23-19-24-18(11-20-25-19)22-15-5-6-16-17(10-15)28-8-7-27-16/h2-6,9-11H,7-8H2,1H3,(H,21,26)(H2,22,23,24,25). The molecule has 0 spiro atoms. The van der Waals surface area contributed by atoms with Gasteiger partial charge in [-0.1, -0.05) is 6.07 Å². The second-order valence-corrected chi connectivity index (χ2v) is 6.04. The third-order valence-corrected chi connectivity index (χ3v) is 3.81. The first-order valence-corrected chi connectivity index (χ1v) is 8.67. The number of rotatable bonds is 5. The molecule has 9 heteroatoms. The fourth-order valence-electron chi connectivity index (χ4n) is 2.69. The van der Waals surface area contributed by atoms with E-state index in [0.29, 0.717) is 36.4 Å². The van der Waals surface area contributed by atoms with Gasteiger partial charge in [-0.3, -0.25) is 4.79 Å². The van der Waals surface area contributed by atoms with Crippen molar-refractivity contribution >= 4 is 34.7 Å². The maximum atomic E-state index is 11.2. The Kier molecular flexibility index (Phi) is 4.87. The van der Waals surface area contributed by atoms with Crippen LogP contribution in [0.25, 0.3) is 0 Å². The molecule has 1 aliphatic heterocycles. The van der Waals surface area contributed by atoms with Crippen LogP contribution in [0.15, 0.2) is 48.7 Å². The minimum Gasteiger partial charge on any atom is -0.486 e. The van der Waals surface area contributed by atoms with Gasteiger partial charge >= 0.3 is 0 Å². The lowest BCUT2D eigenvalue weighted by Crippen LogP contribution is -2.15. The molecule has 1 amide bonds. The van der Waals surface area contributed by atoms with Gasteiger partial charge in [-0.15, -0.1) is 5.10 Å². The minimum absolute atomic E-state index is 0.138. The number of amides is 1. The third kappa shape index (κ3) is 4.26. The van der Waals surface area contributed by atoms with Crippen LogP contribution in [0.2, 0.25) is 0 Å². The predicted molar refractivity (Wildman–Crippen MR) is 105 cm³/mol. The van der Waals surface area contributed by atoms with Crippen LogP contribution in [0.4, 0.5) is 28.8 Å². The Morgan fingerprint density at radius 1 is 0.964 bits per heavy atom. The zero-order chi connectivity index (χ0) is 19.3. The lowest BCUT2D eigenvalue weighted by Gasteiger charge is -2.19. The van der Waals surface area contributed by atoms with Crippen molar-refractivity contribution in [3.63, 3.8) is 0 Å². The Morgan fingerprint density at radius 3 is 2.61 bits per heavy atom. The van der Waals surface area contributed by atoms with Crippen molar-refractivity contribution in [3.05, 3.63) is 48.7 Å². The van der Waals surface area contributed by atoms with E-state index in [9.17, 15) is 4.79 Å². The van der Waals surface area contributed by atoms with Gasteiger partial charge < -0.3 is 25.4 Å². The van der Waals surface area contributed by atoms with Gasteiger partial charge in [0.1, 0.15) is 13.2 Å². The van der Waals surface area contributed by atoms with Crippen LogP contribution in [-0.2, 0) is 4.79 Å². The summed E-state index contributed by atoms with van der Waals surface area (Å²) < 4.78 is 11.1. The van der Waals surface area contributed by atoms with E-state index in [1.54, 1.807) is 12.1 Å². The lowest BCUT2D eigenvalue weighted by atomic mass is 10.2. The second-order valence-electron chi connectivity index (χ2n) is 6.04. The molecule has 0 atom stereocenters. The molecule has 0 saturated carbocycles. The van der Waals surface area contributed by atoms with Crippen LogP contribution in [0.3, 0.4) is 0 Å². The smallest absolute Gasteiger partial charge is 0.249 e. The van der Waals surface area contributed by atoms with Crippen LogP contribution < -0.4 is 25.4 Å². The molecular formula is C19H18N6O3. The number of aromatic nitrogens is 3. The molecule has 9 nitrogen and oxygen atoms in total. The Bertz CT molecular complexity index is 1010. The highest BCUT2D eigenvalue weighted by atomic mass is 16.6. The molecule has 1 aliphatic rings. The Hall–Kier alpha value is -3.88. The van der Waals surface area contributed by atoms with E-state index in [1.165, 1.54) is 13.1 Å². The number of hydrogen-bond donors (Lipinski definition) is 3. The summed E-state index contributed by atoms with van der Waals surface area (Å²) in [4.78, 5) is 15.6. The molecule has 4 rings (SSSR count). The van der Waals surface area contributed by atoms with E-state index >= 15 is 0 Å². The van der Waals surface area contributed by atoms with Crippen LogP contribution in [0.5, 0.6) is 11.5 Å². The summed E-state index contributed by atoms with van der Waals surface area (Å²) in [6, 6.07) is 12.8. The van der Waals surface area contributed by atoms with Crippen molar-refractivity contribution < 1.29 is 14.3 Å². The van der Waals surface area contributed by atoms with Gasteiger partial charge in [0.25, 0.3) is 0 Å². The topological polar surface area (TPSA) is 110 Å². The summed E-state index contributed by atoms with van der Waals surface area (Å²) in [7, 11) is 0. The number of benzene rings is 2. The van der Waals surface area contributed by atoms with Gasteiger partial charge in [0.05, 0.1) is 6.20 Å². The van der Waals surface area contributed by atoms with E-state index in [1.807, 2.05) is 30.3 Å². The quantitative estimate of drug-likeness (QED) is 0.621. The maximum absolute atomic E-state index is 11.2. The molecule has 3 N–H and O–H groups in total. The number of nitrogens with one attached hydrogen (secondary N) is 3. The Morgan fingerprint density at radius 2 is 1.75 bits per heavy atom. The van der Waals surface area contributed by atoms with Crippen molar-refractivity contribution in [2.45, 2.75) is 6.92 Å². The van der Waals surface area contributed by atoms with Crippen molar-refractivity contribution in [2.24, 2.45) is 0 Å². The average molecular weight is 378 g/mol. The van der Waals surface area contributed by atoms with Gasteiger partial charge in [-0.25, -0.2) is 0 Å². The highest BCUT2D eigenvalue weighted by Gasteiger charge is 2.12. The van der Waals surface area contributed by atoms with Gasteiger partial charge in [-0.05, 0) is 30.3 Å². The zero-order valence-corrected chi connectivity index (χ0v) is 15.1. The highest BCUT2D eigenvalue weighted by Crippen LogP contribution is 2.33. The summed E-state index contributed by atoms with van der Waals surface area (Å²) in [5.74, 6) is 2.11. The molecule has 2 heterocycles. The van der Waals surface area contributed by atoms with Crippen molar-refractivity contribution in [3.8, 4) is 11.5 Å². The van der Waals surface area contributed by atoms with Gasteiger partial charge in [-0.2, -0.15) is 10.1 Å². The number of fused-ring (bicyclic) bond motifs is 1. The number of ether oxygens (including phenoxy) is 2. The van der Waals surface area contributed by atoms with E-state index in [2.05, 4.69) is 31.1 Å².